The van der Waals surface area contributed by atoms with Crippen molar-refractivity contribution < 1.29 is 9.47 Å². The number of alkyl halides is 1. The molecule has 1 aromatic carbocycles. The summed E-state index contributed by atoms with van der Waals surface area (Å²) in [6.07, 6.45) is 0.951. The van der Waals surface area contributed by atoms with Crippen molar-refractivity contribution in [3.05, 3.63) is 23.8 Å². The monoisotopic (exact) mass is 312 g/mol. The molecular formula is C15H21BrO2. The van der Waals surface area contributed by atoms with Gasteiger partial charge in [0, 0.05) is 11.2 Å². The van der Waals surface area contributed by atoms with Crippen molar-refractivity contribution >= 4 is 15.9 Å². The molecule has 2 rings (SSSR count). The highest BCUT2D eigenvalue weighted by molar-refractivity contribution is 9.09. The van der Waals surface area contributed by atoms with Gasteiger partial charge < -0.3 is 9.47 Å². The van der Waals surface area contributed by atoms with Gasteiger partial charge in [-0.15, -0.1) is 0 Å². The van der Waals surface area contributed by atoms with E-state index < -0.39 is 0 Å². The van der Waals surface area contributed by atoms with Gasteiger partial charge in [0.25, 0.3) is 0 Å². The van der Waals surface area contributed by atoms with Crippen LogP contribution in [0.25, 0.3) is 0 Å². The van der Waals surface area contributed by atoms with Crippen molar-refractivity contribution in [1.82, 2.24) is 0 Å². The molecule has 0 amide bonds. The molecule has 0 saturated carbocycles. The van der Waals surface area contributed by atoms with Crippen LogP contribution in [0.5, 0.6) is 11.5 Å². The maximum atomic E-state index is 5.74. The summed E-state index contributed by atoms with van der Waals surface area (Å²) in [5.74, 6) is 2.83. The minimum Gasteiger partial charge on any atom is -0.490 e. The fourth-order valence-corrected chi connectivity index (χ4v) is 2.53. The third-order valence-electron chi connectivity index (χ3n) is 3.41. The molecule has 0 aromatic heterocycles. The average molecular weight is 313 g/mol. The minimum absolute atomic E-state index is 0.460. The molecule has 1 aromatic rings. The van der Waals surface area contributed by atoms with Gasteiger partial charge in [-0.3, -0.25) is 0 Å². The van der Waals surface area contributed by atoms with Crippen LogP contribution in [0.1, 0.15) is 38.7 Å². The lowest BCUT2D eigenvalue weighted by molar-refractivity contribution is 0.297. The maximum Gasteiger partial charge on any atom is 0.161 e. The molecule has 0 N–H and O–H groups in total. The second-order valence-electron chi connectivity index (χ2n) is 5.23. The van der Waals surface area contributed by atoms with Gasteiger partial charge in [0.1, 0.15) is 0 Å². The number of ether oxygens (including phenoxy) is 2. The number of halogens is 1. The number of hydrogen-bond donors (Lipinski definition) is 0. The van der Waals surface area contributed by atoms with E-state index in [9.17, 15) is 0 Å². The first-order valence-electron chi connectivity index (χ1n) is 6.63. The van der Waals surface area contributed by atoms with Crippen molar-refractivity contribution in [3.8, 4) is 11.5 Å². The largest absolute Gasteiger partial charge is 0.490 e. The van der Waals surface area contributed by atoms with Crippen molar-refractivity contribution in [3.63, 3.8) is 0 Å². The van der Waals surface area contributed by atoms with Gasteiger partial charge in [-0.2, -0.15) is 0 Å². The van der Waals surface area contributed by atoms with Crippen LogP contribution in [0, 0.1) is 5.92 Å². The number of fused-ring (bicyclic) bond motifs is 1. The van der Waals surface area contributed by atoms with E-state index in [1.807, 2.05) is 6.07 Å². The average Bonchev–Trinajstić information content (AvgIpc) is 2.60. The zero-order valence-electron chi connectivity index (χ0n) is 11.3. The molecule has 0 saturated heterocycles. The highest BCUT2D eigenvalue weighted by Gasteiger charge is 2.21. The van der Waals surface area contributed by atoms with E-state index in [1.54, 1.807) is 0 Å². The lowest BCUT2D eigenvalue weighted by Crippen LogP contribution is -2.15. The first-order chi connectivity index (χ1) is 8.59. The molecule has 0 radical (unpaired) electrons. The summed E-state index contributed by atoms with van der Waals surface area (Å²) < 4.78 is 11.4. The predicted molar refractivity (Wildman–Crippen MR) is 78.0 cm³/mol. The topological polar surface area (TPSA) is 18.5 Å². The zero-order valence-corrected chi connectivity index (χ0v) is 12.9. The molecule has 2 atom stereocenters. The van der Waals surface area contributed by atoms with Gasteiger partial charge in [0.2, 0.25) is 0 Å². The van der Waals surface area contributed by atoms with E-state index in [1.165, 1.54) is 5.56 Å². The van der Waals surface area contributed by atoms with Crippen molar-refractivity contribution in [1.29, 1.82) is 0 Å². The van der Waals surface area contributed by atoms with E-state index in [4.69, 9.17) is 9.47 Å². The van der Waals surface area contributed by atoms with Crippen LogP contribution in [0.4, 0.5) is 0 Å². The molecular weight excluding hydrogens is 292 g/mol. The van der Waals surface area contributed by atoms with Crippen molar-refractivity contribution in [2.75, 3.05) is 13.2 Å². The Hall–Kier alpha value is -0.700. The smallest absolute Gasteiger partial charge is 0.161 e. The van der Waals surface area contributed by atoms with E-state index in [-0.39, 0.29) is 0 Å². The second-order valence-corrected chi connectivity index (χ2v) is 6.29. The van der Waals surface area contributed by atoms with Crippen molar-refractivity contribution in [2.24, 2.45) is 5.92 Å². The number of rotatable bonds is 3. The highest BCUT2D eigenvalue weighted by atomic mass is 79.9. The Morgan fingerprint density at radius 2 is 1.72 bits per heavy atom. The Bertz CT molecular complexity index is 403. The van der Waals surface area contributed by atoms with Crippen LogP contribution in [0.15, 0.2) is 18.2 Å². The molecule has 0 bridgehead atoms. The molecule has 100 valence electrons. The Morgan fingerprint density at radius 3 is 2.39 bits per heavy atom. The van der Waals surface area contributed by atoms with Gasteiger partial charge in [-0.25, -0.2) is 0 Å². The highest BCUT2D eigenvalue weighted by Crippen LogP contribution is 2.36. The third-order valence-corrected chi connectivity index (χ3v) is 5.26. The van der Waals surface area contributed by atoms with Gasteiger partial charge in [0.15, 0.2) is 11.5 Å². The molecule has 1 aliphatic heterocycles. The third kappa shape index (κ3) is 3.00. The van der Waals surface area contributed by atoms with Crippen LogP contribution in [0.2, 0.25) is 0 Å². The summed E-state index contributed by atoms with van der Waals surface area (Å²) in [6, 6.07) is 6.31. The van der Waals surface area contributed by atoms with Crippen LogP contribution in [-0.2, 0) is 0 Å². The Kier molecular flexibility index (Phi) is 4.55. The maximum absolute atomic E-state index is 5.74. The standard InChI is InChI=1S/C15H21BrO2/c1-10(2)15(16)11(3)12-5-6-13-14(9-12)18-8-4-7-17-13/h5-6,9-11,15H,4,7-8H2,1-3H3. The summed E-state index contributed by atoms with van der Waals surface area (Å²) in [4.78, 5) is 0.474. The molecule has 3 heteroatoms. The van der Waals surface area contributed by atoms with E-state index >= 15 is 0 Å². The number of benzene rings is 1. The Balaban J connectivity index is 2.22. The quantitative estimate of drug-likeness (QED) is 0.772. The van der Waals surface area contributed by atoms with Crippen LogP contribution < -0.4 is 9.47 Å². The fourth-order valence-electron chi connectivity index (χ4n) is 2.22. The molecule has 2 unspecified atom stereocenters. The Morgan fingerprint density at radius 1 is 1.06 bits per heavy atom. The molecule has 0 spiro atoms. The minimum atomic E-state index is 0.460. The van der Waals surface area contributed by atoms with Gasteiger partial charge >= 0.3 is 0 Å². The van der Waals surface area contributed by atoms with Crippen molar-refractivity contribution in [2.45, 2.75) is 37.9 Å². The second kappa shape index (κ2) is 5.96. The summed E-state index contributed by atoms with van der Waals surface area (Å²) in [7, 11) is 0. The molecule has 2 nitrogen and oxygen atoms in total. The van der Waals surface area contributed by atoms with Crippen LogP contribution >= 0.6 is 15.9 Å². The predicted octanol–water partition coefficient (Wildman–Crippen LogP) is 4.37. The normalized spacial score (nSPS) is 18.3. The summed E-state index contributed by atoms with van der Waals surface area (Å²) in [6.45, 7) is 8.21. The number of hydrogen-bond acceptors (Lipinski definition) is 2. The van der Waals surface area contributed by atoms with Crippen LogP contribution in [0.3, 0.4) is 0 Å². The van der Waals surface area contributed by atoms with Gasteiger partial charge in [-0.1, -0.05) is 42.8 Å². The molecule has 18 heavy (non-hydrogen) atoms. The summed E-state index contributed by atoms with van der Waals surface area (Å²) >= 11 is 3.78. The van der Waals surface area contributed by atoms with Crippen LogP contribution in [-0.4, -0.2) is 18.0 Å². The SMILES string of the molecule is CC(C)C(Br)C(C)c1ccc2c(c1)OCCCO2. The zero-order chi connectivity index (χ0) is 13.1. The first kappa shape index (κ1) is 13.7. The summed E-state index contributed by atoms with van der Waals surface area (Å²) in [5.41, 5.74) is 1.30. The molecule has 1 aliphatic rings. The van der Waals surface area contributed by atoms with E-state index in [0.29, 0.717) is 16.7 Å². The van der Waals surface area contributed by atoms with Gasteiger partial charge in [0.05, 0.1) is 13.2 Å². The molecule has 0 aliphatic carbocycles. The summed E-state index contributed by atoms with van der Waals surface area (Å²) in [5, 5.41) is 0. The van der Waals surface area contributed by atoms with Gasteiger partial charge in [-0.05, 0) is 29.5 Å². The lowest BCUT2D eigenvalue weighted by Gasteiger charge is -2.23. The molecule has 0 fully saturated rings. The van der Waals surface area contributed by atoms with E-state index in [0.717, 1.165) is 31.1 Å². The Labute approximate surface area is 118 Å². The van der Waals surface area contributed by atoms with E-state index in [2.05, 4.69) is 48.8 Å². The first-order valence-corrected chi connectivity index (χ1v) is 7.54. The lowest BCUT2D eigenvalue weighted by atomic mass is 9.91. The fraction of sp³-hybridized carbons (Fsp3) is 0.600. The molecule has 1 heterocycles.